The zero-order chi connectivity index (χ0) is 13.2. The van der Waals surface area contributed by atoms with Gasteiger partial charge in [-0.2, -0.15) is 0 Å². The molecule has 0 aromatic carbocycles. The van der Waals surface area contributed by atoms with Crippen molar-refractivity contribution in [2.45, 2.75) is 18.9 Å². The average Bonchev–Trinajstić information content (AvgIpc) is 3.17. The molecule has 1 fully saturated rings. The summed E-state index contributed by atoms with van der Waals surface area (Å²) in [6.45, 7) is 0.613. The van der Waals surface area contributed by atoms with Crippen LogP contribution < -0.4 is 4.90 Å². The lowest BCUT2D eigenvalue weighted by atomic mass is 10.2. The minimum absolute atomic E-state index is 0.257. The Kier molecular flexibility index (Phi) is 3.44. The topological polar surface area (TPSA) is 62.1 Å². The SMILES string of the molecule is CN(C[C@H](O)C1CC1)c1nnc(-c2ccccn2)s1. The van der Waals surface area contributed by atoms with Gasteiger partial charge < -0.3 is 10.0 Å². The smallest absolute Gasteiger partial charge is 0.208 e. The molecule has 1 aliphatic rings. The van der Waals surface area contributed by atoms with Gasteiger partial charge in [-0.25, -0.2) is 0 Å². The summed E-state index contributed by atoms with van der Waals surface area (Å²) in [6, 6.07) is 5.73. The number of aliphatic hydroxyl groups is 1. The van der Waals surface area contributed by atoms with Crippen LogP contribution in [0, 0.1) is 5.92 Å². The third kappa shape index (κ3) is 2.90. The first-order valence-electron chi connectivity index (χ1n) is 6.38. The molecule has 6 heteroatoms. The van der Waals surface area contributed by atoms with Gasteiger partial charge in [0.1, 0.15) is 5.69 Å². The number of nitrogens with zero attached hydrogens (tertiary/aromatic N) is 4. The highest BCUT2D eigenvalue weighted by Crippen LogP contribution is 2.34. The molecule has 3 rings (SSSR count). The maximum absolute atomic E-state index is 9.95. The monoisotopic (exact) mass is 276 g/mol. The van der Waals surface area contributed by atoms with E-state index in [4.69, 9.17) is 0 Å². The Morgan fingerprint density at radius 3 is 2.95 bits per heavy atom. The molecule has 0 unspecified atom stereocenters. The van der Waals surface area contributed by atoms with Crippen LogP contribution in [-0.4, -0.2) is 40.0 Å². The molecule has 2 aromatic heterocycles. The summed E-state index contributed by atoms with van der Waals surface area (Å²) in [4.78, 5) is 6.23. The Labute approximate surface area is 115 Å². The Morgan fingerprint density at radius 1 is 1.42 bits per heavy atom. The molecule has 1 aliphatic carbocycles. The van der Waals surface area contributed by atoms with E-state index < -0.39 is 0 Å². The lowest BCUT2D eigenvalue weighted by Gasteiger charge is -2.18. The van der Waals surface area contributed by atoms with E-state index in [-0.39, 0.29) is 6.10 Å². The zero-order valence-electron chi connectivity index (χ0n) is 10.7. The van der Waals surface area contributed by atoms with E-state index in [1.807, 2.05) is 30.1 Å². The van der Waals surface area contributed by atoms with E-state index in [2.05, 4.69) is 15.2 Å². The van der Waals surface area contributed by atoms with Gasteiger partial charge in [-0.15, -0.1) is 10.2 Å². The van der Waals surface area contributed by atoms with Crippen LogP contribution in [0.1, 0.15) is 12.8 Å². The summed E-state index contributed by atoms with van der Waals surface area (Å²) in [5.41, 5.74) is 0.836. The van der Waals surface area contributed by atoms with Crippen molar-refractivity contribution in [3.63, 3.8) is 0 Å². The van der Waals surface area contributed by atoms with Crippen LogP contribution in [0.2, 0.25) is 0 Å². The van der Waals surface area contributed by atoms with Crippen LogP contribution >= 0.6 is 11.3 Å². The molecule has 0 bridgehead atoms. The molecular weight excluding hydrogens is 260 g/mol. The molecule has 100 valence electrons. The van der Waals surface area contributed by atoms with E-state index in [9.17, 15) is 5.11 Å². The van der Waals surface area contributed by atoms with Gasteiger partial charge in [0.25, 0.3) is 0 Å². The second kappa shape index (κ2) is 5.22. The van der Waals surface area contributed by atoms with Crippen molar-refractivity contribution >= 4 is 16.5 Å². The van der Waals surface area contributed by atoms with Crippen molar-refractivity contribution < 1.29 is 5.11 Å². The van der Waals surface area contributed by atoms with Crippen LogP contribution in [-0.2, 0) is 0 Å². The van der Waals surface area contributed by atoms with Crippen molar-refractivity contribution in [2.75, 3.05) is 18.5 Å². The van der Waals surface area contributed by atoms with Gasteiger partial charge in [0.2, 0.25) is 5.13 Å². The van der Waals surface area contributed by atoms with E-state index in [0.717, 1.165) is 28.7 Å². The highest BCUT2D eigenvalue weighted by Gasteiger charge is 2.30. The second-order valence-electron chi connectivity index (χ2n) is 4.89. The van der Waals surface area contributed by atoms with Crippen molar-refractivity contribution in [2.24, 2.45) is 5.92 Å². The number of aliphatic hydroxyl groups excluding tert-OH is 1. The number of hydrogen-bond donors (Lipinski definition) is 1. The van der Waals surface area contributed by atoms with Crippen LogP contribution in [0.5, 0.6) is 0 Å². The maximum atomic E-state index is 9.95. The molecule has 0 spiro atoms. The minimum Gasteiger partial charge on any atom is -0.391 e. The molecule has 19 heavy (non-hydrogen) atoms. The Bertz CT molecular complexity index is 541. The third-order valence-electron chi connectivity index (χ3n) is 3.25. The summed E-state index contributed by atoms with van der Waals surface area (Å²) in [5.74, 6) is 0.477. The molecule has 0 saturated heterocycles. The highest BCUT2D eigenvalue weighted by atomic mass is 32.1. The fourth-order valence-electron chi connectivity index (χ4n) is 1.95. The normalized spacial score (nSPS) is 16.3. The molecule has 1 saturated carbocycles. The first-order chi connectivity index (χ1) is 9.24. The summed E-state index contributed by atoms with van der Waals surface area (Å²) in [7, 11) is 1.94. The van der Waals surface area contributed by atoms with E-state index in [0.29, 0.717) is 12.5 Å². The van der Waals surface area contributed by atoms with Gasteiger partial charge in [0.15, 0.2) is 5.01 Å². The molecule has 1 N–H and O–H groups in total. The first-order valence-corrected chi connectivity index (χ1v) is 7.20. The molecular formula is C13H16N4OS. The average molecular weight is 276 g/mol. The van der Waals surface area contributed by atoms with Crippen LogP contribution in [0.25, 0.3) is 10.7 Å². The number of rotatable bonds is 5. The lowest BCUT2D eigenvalue weighted by Crippen LogP contribution is -2.30. The summed E-state index contributed by atoms with van der Waals surface area (Å²) < 4.78 is 0. The fraction of sp³-hybridized carbons (Fsp3) is 0.462. The van der Waals surface area contributed by atoms with Gasteiger partial charge in [0.05, 0.1) is 6.10 Å². The molecule has 0 radical (unpaired) electrons. The van der Waals surface area contributed by atoms with Crippen molar-refractivity contribution in [1.29, 1.82) is 0 Å². The maximum Gasteiger partial charge on any atom is 0.208 e. The van der Waals surface area contributed by atoms with Crippen molar-refractivity contribution in [1.82, 2.24) is 15.2 Å². The summed E-state index contributed by atoms with van der Waals surface area (Å²) >= 11 is 1.50. The van der Waals surface area contributed by atoms with Gasteiger partial charge in [-0.1, -0.05) is 17.4 Å². The molecule has 1 atom stereocenters. The number of likely N-dealkylation sites (N-methyl/N-ethyl adjacent to an activating group) is 1. The summed E-state index contributed by atoms with van der Waals surface area (Å²) in [6.07, 6.45) is 3.78. The van der Waals surface area contributed by atoms with E-state index >= 15 is 0 Å². The Balaban J connectivity index is 1.70. The minimum atomic E-state index is -0.257. The van der Waals surface area contributed by atoms with E-state index in [1.54, 1.807) is 6.20 Å². The number of anilines is 1. The van der Waals surface area contributed by atoms with Crippen LogP contribution in [0.15, 0.2) is 24.4 Å². The zero-order valence-corrected chi connectivity index (χ0v) is 11.5. The summed E-state index contributed by atoms with van der Waals surface area (Å²) in [5, 5.41) is 19.9. The predicted octanol–water partition coefficient (Wildman–Crippen LogP) is 1.81. The van der Waals surface area contributed by atoms with Gasteiger partial charge in [-0.3, -0.25) is 4.98 Å². The van der Waals surface area contributed by atoms with E-state index in [1.165, 1.54) is 11.3 Å². The lowest BCUT2D eigenvalue weighted by molar-refractivity contribution is 0.158. The largest absolute Gasteiger partial charge is 0.391 e. The van der Waals surface area contributed by atoms with Gasteiger partial charge >= 0.3 is 0 Å². The Hall–Kier alpha value is -1.53. The molecule has 2 aromatic rings. The molecule has 0 aliphatic heterocycles. The molecule has 0 amide bonds. The number of pyridine rings is 1. The van der Waals surface area contributed by atoms with Crippen molar-refractivity contribution in [3.8, 4) is 10.7 Å². The predicted molar refractivity (Wildman–Crippen MR) is 75.1 cm³/mol. The molecule has 5 nitrogen and oxygen atoms in total. The van der Waals surface area contributed by atoms with Crippen LogP contribution in [0.3, 0.4) is 0 Å². The number of hydrogen-bond acceptors (Lipinski definition) is 6. The van der Waals surface area contributed by atoms with Crippen LogP contribution in [0.4, 0.5) is 5.13 Å². The standard InChI is InChI=1S/C13H16N4OS/c1-17(8-11(18)9-5-6-9)13-16-15-12(19-13)10-4-2-3-7-14-10/h2-4,7,9,11,18H,5-6,8H2,1H3/t11-/m0/s1. The quantitative estimate of drug-likeness (QED) is 0.902. The van der Waals surface area contributed by atoms with Gasteiger partial charge in [0, 0.05) is 19.8 Å². The molecule has 2 heterocycles. The van der Waals surface area contributed by atoms with Gasteiger partial charge in [-0.05, 0) is 30.9 Å². The fourth-order valence-corrected chi connectivity index (χ4v) is 2.74. The second-order valence-corrected chi connectivity index (χ2v) is 5.85. The first kappa shape index (κ1) is 12.5. The highest BCUT2D eigenvalue weighted by molar-refractivity contribution is 7.18. The third-order valence-corrected chi connectivity index (χ3v) is 4.31. The van der Waals surface area contributed by atoms with Crippen molar-refractivity contribution in [3.05, 3.63) is 24.4 Å². The number of aromatic nitrogens is 3. The Morgan fingerprint density at radius 2 is 2.26 bits per heavy atom.